The molecule has 0 aromatic heterocycles. The lowest BCUT2D eigenvalue weighted by Gasteiger charge is -2.05. The fourth-order valence-electron chi connectivity index (χ4n) is 1.86. The normalized spacial score (nSPS) is 10.6. The number of carbonyl (C=O) groups is 1. The summed E-state index contributed by atoms with van der Waals surface area (Å²) in [5.41, 5.74) is 1.69. The number of nitrogens with one attached hydrogen (secondary N) is 2. The van der Waals surface area contributed by atoms with E-state index in [1.165, 1.54) is 18.3 Å². The Labute approximate surface area is 128 Å². The summed E-state index contributed by atoms with van der Waals surface area (Å²) in [4.78, 5) is 11.6. The Morgan fingerprint density at radius 3 is 2.68 bits per heavy atom. The zero-order valence-electron chi connectivity index (χ0n) is 11.9. The minimum atomic E-state index is -0.327. The number of phenols is 1. The molecule has 0 radical (unpaired) electrons. The molecule has 0 unspecified atom stereocenters. The molecule has 2 amide bonds. The maximum Gasteiger partial charge on any atom is 0.318 e. The summed E-state index contributed by atoms with van der Waals surface area (Å²) in [5.74, 6) is -0.0996. The molecule has 4 nitrogen and oxygen atoms in total. The van der Waals surface area contributed by atoms with Gasteiger partial charge in [0.05, 0.1) is 0 Å². The molecule has 3 N–H and O–H groups in total. The molecule has 0 saturated carbocycles. The molecule has 0 spiro atoms. The van der Waals surface area contributed by atoms with Gasteiger partial charge >= 0.3 is 6.03 Å². The lowest BCUT2D eigenvalue weighted by Crippen LogP contribution is -2.33. The summed E-state index contributed by atoms with van der Waals surface area (Å²) < 4.78 is 13.0. The summed E-state index contributed by atoms with van der Waals surface area (Å²) in [6.45, 7) is 0.477. The third kappa shape index (κ3) is 5.28. The number of rotatable bonds is 5. The van der Waals surface area contributed by atoms with Crippen molar-refractivity contribution >= 4 is 12.1 Å². The Morgan fingerprint density at radius 2 is 1.95 bits per heavy atom. The second-order valence-electron chi connectivity index (χ2n) is 4.71. The lowest BCUT2D eigenvalue weighted by molar-refractivity contribution is 0.244. The molecule has 2 aromatic rings. The van der Waals surface area contributed by atoms with Crippen molar-refractivity contribution in [2.24, 2.45) is 0 Å². The lowest BCUT2D eigenvalue weighted by atomic mass is 10.1. The van der Waals surface area contributed by atoms with E-state index in [4.69, 9.17) is 5.11 Å². The van der Waals surface area contributed by atoms with Crippen molar-refractivity contribution in [3.05, 3.63) is 71.7 Å². The fraction of sp³-hybridized carbons (Fsp3) is 0.118. The predicted molar refractivity (Wildman–Crippen MR) is 83.8 cm³/mol. The molecule has 22 heavy (non-hydrogen) atoms. The number of amides is 2. The van der Waals surface area contributed by atoms with Gasteiger partial charge in [-0.1, -0.05) is 24.3 Å². The fourth-order valence-corrected chi connectivity index (χ4v) is 1.86. The van der Waals surface area contributed by atoms with Crippen LogP contribution in [-0.2, 0) is 6.42 Å². The Balaban J connectivity index is 1.70. The topological polar surface area (TPSA) is 61.4 Å². The maximum absolute atomic E-state index is 13.0. The average molecular weight is 300 g/mol. The number of urea groups is 1. The summed E-state index contributed by atoms with van der Waals surface area (Å²) in [5, 5.41) is 14.4. The number of benzene rings is 2. The van der Waals surface area contributed by atoms with E-state index in [0.717, 1.165) is 5.56 Å². The first kappa shape index (κ1) is 15.6. The molecule has 0 atom stereocenters. The minimum absolute atomic E-state index is 0.219. The molecule has 0 fully saturated rings. The average Bonchev–Trinajstić information content (AvgIpc) is 2.49. The van der Waals surface area contributed by atoms with E-state index >= 15 is 0 Å². The van der Waals surface area contributed by atoms with Crippen LogP contribution in [0.15, 0.2) is 54.7 Å². The van der Waals surface area contributed by atoms with Crippen LogP contribution in [0.1, 0.15) is 11.1 Å². The molecule has 0 aliphatic rings. The van der Waals surface area contributed by atoms with Gasteiger partial charge in [0.15, 0.2) is 0 Å². The second-order valence-corrected chi connectivity index (χ2v) is 4.71. The van der Waals surface area contributed by atoms with Crippen molar-refractivity contribution in [2.45, 2.75) is 6.42 Å². The Bertz CT molecular complexity index is 654. The summed E-state index contributed by atoms with van der Waals surface area (Å²) in [6.07, 6.45) is 3.74. The van der Waals surface area contributed by atoms with Gasteiger partial charge in [0, 0.05) is 12.7 Å². The highest BCUT2D eigenvalue weighted by Crippen LogP contribution is 2.09. The van der Waals surface area contributed by atoms with E-state index in [-0.39, 0.29) is 17.6 Å². The van der Waals surface area contributed by atoms with E-state index in [9.17, 15) is 9.18 Å². The van der Waals surface area contributed by atoms with Gasteiger partial charge in [-0.05, 0) is 47.9 Å². The third-order valence-corrected chi connectivity index (χ3v) is 2.97. The molecule has 5 heteroatoms. The summed E-state index contributed by atoms with van der Waals surface area (Å²) in [6, 6.07) is 12.6. The van der Waals surface area contributed by atoms with E-state index in [2.05, 4.69) is 10.6 Å². The number of hydrogen-bond donors (Lipinski definition) is 3. The van der Waals surface area contributed by atoms with Crippen molar-refractivity contribution < 1.29 is 14.3 Å². The van der Waals surface area contributed by atoms with Crippen LogP contribution >= 0.6 is 0 Å². The first-order chi connectivity index (χ1) is 10.6. The largest absolute Gasteiger partial charge is 0.508 e. The van der Waals surface area contributed by atoms with Crippen molar-refractivity contribution in [1.29, 1.82) is 0 Å². The summed E-state index contributed by atoms with van der Waals surface area (Å²) >= 11 is 0. The van der Waals surface area contributed by atoms with Gasteiger partial charge < -0.3 is 15.7 Å². The number of carbonyl (C=O) groups excluding carboxylic acids is 1. The zero-order chi connectivity index (χ0) is 15.8. The molecule has 0 aliphatic carbocycles. The van der Waals surface area contributed by atoms with E-state index in [1.807, 2.05) is 0 Å². The van der Waals surface area contributed by atoms with Gasteiger partial charge in [0.2, 0.25) is 0 Å². The molecule has 0 aliphatic heterocycles. The van der Waals surface area contributed by atoms with Gasteiger partial charge in [-0.3, -0.25) is 0 Å². The van der Waals surface area contributed by atoms with Crippen LogP contribution in [0.4, 0.5) is 9.18 Å². The first-order valence-corrected chi connectivity index (χ1v) is 6.88. The third-order valence-electron chi connectivity index (χ3n) is 2.97. The molecule has 114 valence electrons. The predicted octanol–water partition coefficient (Wildman–Crippen LogP) is 3.04. The van der Waals surface area contributed by atoms with E-state index in [1.54, 1.807) is 42.5 Å². The molecular formula is C17H17FN2O2. The number of hydrogen-bond acceptors (Lipinski definition) is 2. The van der Waals surface area contributed by atoms with Gasteiger partial charge in [0.1, 0.15) is 11.6 Å². The van der Waals surface area contributed by atoms with Crippen LogP contribution in [0.5, 0.6) is 5.75 Å². The second kappa shape index (κ2) is 7.83. The van der Waals surface area contributed by atoms with Crippen molar-refractivity contribution in [1.82, 2.24) is 10.6 Å². The first-order valence-electron chi connectivity index (χ1n) is 6.88. The Kier molecular flexibility index (Phi) is 5.54. The van der Waals surface area contributed by atoms with Crippen LogP contribution in [-0.4, -0.2) is 17.7 Å². The van der Waals surface area contributed by atoms with Crippen LogP contribution in [0.2, 0.25) is 0 Å². The van der Waals surface area contributed by atoms with E-state index in [0.29, 0.717) is 18.5 Å². The molecule has 2 rings (SSSR count). The minimum Gasteiger partial charge on any atom is -0.508 e. The van der Waals surface area contributed by atoms with Crippen LogP contribution in [0.3, 0.4) is 0 Å². The quantitative estimate of drug-likeness (QED) is 0.795. The van der Waals surface area contributed by atoms with Gasteiger partial charge in [-0.15, -0.1) is 0 Å². The monoisotopic (exact) mass is 300 g/mol. The highest BCUT2D eigenvalue weighted by molar-refractivity contribution is 5.75. The summed E-state index contributed by atoms with van der Waals surface area (Å²) in [7, 11) is 0. The number of aromatic hydroxyl groups is 1. The highest BCUT2D eigenvalue weighted by Gasteiger charge is 1.98. The SMILES string of the molecule is O=C(N/C=C/c1cccc(F)c1)NCCc1ccc(O)cc1. The zero-order valence-corrected chi connectivity index (χ0v) is 11.9. The van der Waals surface area contributed by atoms with Gasteiger partial charge in [-0.2, -0.15) is 0 Å². The van der Waals surface area contributed by atoms with Gasteiger partial charge in [0.25, 0.3) is 0 Å². The molecular weight excluding hydrogens is 283 g/mol. The number of halogens is 1. The van der Waals surface area contributed by atoms with Crippen molar-refractivity contribution in [3.8, 4) is 5.75 Å². The van der Waals surface area contributed by atoms with Crippen LogP contribution < -0.4 is 10.6 Å². The van der Waals surface area contributed by atoms with Gasteiger partial charge in [-0.25, -0.2) is 9.18 Å². The van der Waals surface area contributed by atoms with Crippen LogP contribution in [0.25, 0.3) is 6.08 Å². The number of phenolic OH excluding ortho intramolecular Hbond substituents is 1. The van der Waals surface area contributed by atoms with Crippen molar-refractivity contribution in [2.75, 3.05) is 6.54 Å². The molecule has 0 bridgehead atoms. The molecule has 0 saturated heterocycles. The van der Waals surface area contributed by atoms with Crippen LogP contribution in [0, 0.1) is 5.82 Å². The standard InChI is InChI=1S/C17H17FN2O2/c18-15-3-1-2-14(12-15)9-11-20-17(22)19-10-8-13-4-6-16(21)7-5-13/h1-7,9,11-12,21H,8,10H2,(H2,19,20,22)/b11-9+. The Hall–Kier alpha value is -2.82. The van der Waals surface area contributed by atoms with E-state index < -0.39 is 0 Å². The highest BCUT2D eigenvalue weighted by atomic mass is 19.1. The molecule has 0 heterocycles. The molecule has 2 aromatic carbocycles. The van der Waals surface area contributed by atoms with Crippen molar-refractivity contribution in [3.63, 3.8) is 0 Å². The maximum atomic E-state index is 13.0. The Morgan fingerprint density at radius 1 is 1.18 bits per heavy atom. The smallest absolute Gasteiger partial charge is 0.318 e.